The zero-order valence-corrected chi connectivity index (χ0v) is 30.8. The molecule has 2 aromatic rings. The van der Waals surface area contributed by atoms with Gasteiger partial charge in [0.25, 0.3) is 0 Å². The van der Waals surface area contributed by atoms with Crippen LogP contribution in [0.5, 0.6) is 0 Å². The Morgan fingerprint density at radius 1 is 1.08 bits per heavy atom. The van der Waals surface area contributed by atoms with Crippen molar-refractivity contribution >= 4 is 11.8 Å². The first-order chi connectivity index (χ1) is 24.4. The second-order valence-corrected chi connectivity index (χ2v) is 16.3. The second kappa shape index (κ2) is 15.7. The first-order valence-electron chi connectivity index (χ1n) is 18.8. The molecule has 3 heterocycles. The number of ether oxygens (including phenoxy) is 1. The summed E-state index contributed by atoms with van der Waals surface area (Å²) in [6.45, 7) is 9.15. The first-order valence-corrected chi connectivity index (χ1v) is 18.8. The van der Waals surface area contributed by atoms with Crippen LogP contribution < -0.4 is 10.2 Å². The maximum atomic E-state index is 15.2. The third-order valence-electron chi connectivity index (χ3n) is 12.4. The number of nitriles is 1. The maximum absolute atomic E-state index is 15.2. The van der Waals surface area contributed by atoms with Crippen LogP contribution in [0.4, 0.5) is 19.3 Å². The van der Waals surface area contributed by atoms with E-state index in [2.05, 4.69) is 32.2 Å². The van der Waals surface area contributed by atoms with E-state index in [4.69, 9.17) is 4.74 Å². The highest BCUT2D eigenvalue weighted by Gasteiger charge is 2.53. The normalized spacial score (nSPS) is 24.6. The van der Waals surface area contributed by atoms with Gasteiger partial charge in [0, 0.05) is 63.2 Å². The van der Waals surface area contributed by atoms with Crippen LogP contribution in [-0.4, -0.2) is 111 Å². The number of hydrogen-bond donors (Lipinski definition) is 2. The molecule has 1 aliphatic carbocycles. The number of anilines is 1. The highest BCUT2D eigenvalue weighted by Crippen LogP contribution is 2.51. The molecule has 0 bridgehead atoms. The Labute approximate surface area is 302 Å². The summed E-state index contributed by atoms with van der Waals surface area (Å²) < 4.78 is 35.3. The summed E-state index contributed by atoms with van der Waals surface area (Å²) in [5.74, 6) is 0.215. The lowest BCUT2D eigenvalue weighted by Crippen LogP contribution is -2.59. The molecule has 0 aromatic heterocycles. The molecule has 4 fully saturated rings. The van der Waals surface area contributed by atoms with Crippen LogP contribution in [0.2, 0.25) is 0 Å². The molecule has 1 unspecified atom stereocenters. The third kappa shape index (κ3) is 8.35. The number of carbonyl (C=O) groups excluding carboxylic acids is 1. The third-order valence-corrected chi connectivity index (χ3v) is 12.4. The lowest BCUT2D eigenvalue weighted by molar-refractivity contribution is -0.0259. The van der Waals surface area contributed by atoms with Gasteiger partial charge in [-0.1, -0.05) is 18.6 Å². The van der Waals surface area contributed by atoms with Crippen molar-refractivity contribution in [3.8, 4) is 6.07 Å². The van der Waals surface area contributed by atoms with Crippen molar-refractivity contribution in [1.29, 1.82) is 5.26 Å². The van der Waals surface area contributed by atoms with E-state index in [0.717, 1.165) is 95.6 Å². The molecule has 2 aromatic carbocycles. The van der Waals surface area contributed by atoms with Gasteiger partial charge >= 0.3 is 6.09 Å². The molecule has 3 atom stereocenters. The van der Waals surface area contributed by atoms with Gasteiger partial charge in [-0.15, -0.1) is 0 Å². The van der Waals surface area contributed by atoms with Crippen LogP contribution in [0.25, 0.3) is 0 Å². The molecule has 3 saturated heterocycles. The molecular weight excluding hydrogens is 650 g/mol. The first kappa shape index (κ1) is 37.5. The summed E-state index contributed by atoms with van der Waals surface area (Å²) in [6.07, 6.45) is 5.67. The van der Waals surface area contributed by atoms with Gasteiger partial charge in [0.1, 0.15) is 11.6 Å². The number of amides is 1. The largest absolute Gasteiger partial charge is 0.453 e. The predicted molar refractivity (Wildman–Crippen MR) is 194 cm³/mol. The molecule has 6 rings (SSSR count). The fraction of sp³-hybridized carbons (Fsp3) is 0.650. The SMILES string of the molecule is COC(=O)N[C@H]1CCC[C@@H]1C(CN1CCC(C)(O)CC1)(c1cccc(F)c1)C1CCN(CC2CN(c3cc(CN(C)C)c(C#N)cc3F)C2)CC1. The number of halogens is 2. The van der Waals surface area contributed by atoms with Crippen molar-refractivity contribution in [2.24, 2.45) is 17.8 Å². The summed E-state index contributed by atoms with van der Waals surface area (Å²) in [7, 11) is 5.29. The molecule has 2 N–H and O–H groups in total. The van der Waals surface area contributed by atoms with Crippen molar-refractivity contribution in [3.05, 3.63) is 64.7 Å². The van der Waals surface area contributed by atoms with Crippen LogP contribution in [0.1, 0.15) is 68.6 Å². The fourth-order valence-electron chi connectivity index (χ4n) is 9.69. The van der Waals surface area contributed by atoms with Crippen LogP contribution in [0.15, 0.2) is 36.4 Å². The van der Waals surface area contributed by atoms with E-state index >= 15 is 8.78 Å². The summed E-state index contributed by atoms with van der Waals surface area (Å²) in [5, 5.41) is 23.5. The smallest absolute Gasteiger partial charge is 0.407 e. The van der Waals surface area contributed by atoms with Gasteiger partial charge in [0.2, 0.25) is 0 Å². The Hall–Kier alpha value is -3.30. The van der Waals surface area contributed by atoms with Crippen LogP contribution in [0.3, 0.4) is 0 Å². The molecular formula is C40H56F2N6O3. The zero-order valence-electron chi connectivity index (χ0n) is 30.8. The van der Waals surface area contributed by atoms with Gasteiger partial charge in [0.15, 0.2) is 0 Å². The number of carbonyl (C=O) groups is 1. The molecule has 0 radical (unpaired) electrons. The van der Waals surface area contributed by atoms with Crippen molar-refractivity contribution in [2.75, 3.05) is 78.5 Å². The molecule has 9 nitrogen and oxygen atoms in total. The summed E-state index contributed by atoms with van der Waals surface area (Å²) >= 11 is 0. The van der Waals surface area contributed by atoms with E-state index < -0.39 is 17.1 Å². The van der Waals surface area contributed by atoms with E-state index in [1.165, 1.54) is 19.2 Å². The number of piperidine rings is 2. The molecule has 1 saturated carbocycles. The number of nitrogens with one attached hydrogen (secondary N) is 1. The lowest BCUT2D eigenvalue weighted by atomic mass is 9.58. The lowest BCUT2D eigenvalue weighted by Gasteiger charge is -2.53. The van der Waals surface area contributed by atoms with Gasteiger partial charge < -0.3 is 34.8 Å². The number of likely N-dealkylation sites (tertiary alicyclic amines) is 2. The number of rotatable bonds is 11. The van der Waals surface area contributed by atoms with Crippen LogP contribution >= 0.6 is 0 Å². The monoisotopic (exact) mass is 706 g/mol. The second-order valence-electron chi connectivity index (χ2n) is 16.3. The van der Waals surface area contributed by atoms with Gasteiger partial charge in [-0.25, -0.2) is 13.6 Å². The highest BCUT2D eigenvalue weighted by molar-refractivity contribution is 5.67. The molecule has 4 aliphatic rings. The summed E-state index contributed by atoms with van der Waals surface area (Å²) in [6, 6.07) is 12.5. The topological polar surface area (TPSA) is 95.3 Å². The summed E-state index contributed by atoms with van der Waals surface area (Å²) in [5.41, 5.74) is 1.73. The number of aliphatic hydroxyl groups is 1. The van der Waals surface area contributed by atoms with Crippen molar-refractivity contribution in [3.63, 3.8) is 0 Å². The Bertz CT molecular complexity index is 1560. The minimum Gasteiger partial charge on any atom is -0.453 e. The van der Waals surface area contributed by atoms with Gasteiger partial charge in [-0.05, 0) is 120 Å². The van der Waals surface area contributed by atoms with Crippen molar-refractivity contribution in [2.45, 2.75) is 75.5 Å². The van der Waals surface area contributed by atoms with E-state index in [9.17, 15) is 15.2 Å². The van der Waals surface area contributed by atoms with E-state index in [1.807, 2.05) is 38.1 Å². The Morgan fingerprint density at radius 3 is 2.45 bits per heavy atom. The molecule has 11 heteroatoms. The van der Waals surface area contributed by atoms with Gasteiger partial charge in [0.05, 0.1) is 30.0 Å². The average molecular weight is 707 g/mol. The zero-order chi connectivity index (χ0) is 36.3. The number of hydrogen-bond acceptors (Lipinski definition) is 8. The minimum absolute atomic E-state index is 0.0755. The highest BCUT2D eigenvalue weighted by atomic mass is 19.1. The van der Waals surface area contributed by atoms with E-state index in [-0.39, 0.29) is 29.5 Å². The van der Waals surface area contributed by atoms with Crippen LogP contribution in [-0.2, 0) is 16.7 Å². The molecule has 278 valence electrons. The average Bonchev–Trinajstić information content (AvgIpc) is 3.55. The number of nitrogens with zero attached hydrogens (tertiary/aromatic N) is 5. The Morgan fingerprint density at radius 2 is 1.80 bits per heavy atom. The maximum Gasteiger partial charge on any atom is 0.407 e. The van der Waals surface area contributed by atoms with Crippen LogP contribution in [0, 0.1) is 40.7 Å². The summed E-state index contributed by atoms with van der Waals surface area (Å²) in [4.78, 5) is 21.7. The standard InChI is InChI=1S/C40H56F2N6O3/c1-39(50)13-17-47(18-14-39)27-40(32-7-5-8-33(41)21-32,34-9-6-10-36(34)44-38(49)51-4)31-11-15-46(16-12-31)23-28-24-48(25-28)37-20-30(26-45(2)3)29(22-43)19-35(37)42/h5,7-8,19-21,28,31,34,36,50H,6,9-18,23-27H2,1-4H3,(H,44,49)/t34-,36-,40?/m0/s1. The van der Waals surface area contributed by atoms with Crippen molar-refractivity contribution in [1.82, 2.24) is 20.0 Å². The quantitative estimate of drug-likeness (QED) is 0.323. The molecule has 1 amide bonds. The van der Waals surface area contributed by atoms with Gasteiger partial charge in [-0.2, -0.15) is 5.26 Å². The van der Waals surface area contributed by atoms with E-state index in [0.29, 0.717) is 36.6 Å². The minimum atomic E-state index is -0.677. The fourth-order valence-corrected chi connectivity index (χ4v) is 9.69. The van der Waals surface area contributed by atoms with Gasteiger partial charge in [-0.3, -0.25) is 0 Å². The number of methoxy groups -OCH3 is 1. The number of benzene rings is 2. The molecule has 0 spiro atoms. The Kier molecular flexibility index (Phi) is 11.6. The molecule has 51 heavy (non-hydrogen) atoms. The van der Waals surface area contributed by atoms with E-state index in [1.54, 1.807) is 6.07 Å². The predicted octanol–water partition coefficient (Wildman–Crippen LogP) is 5.36. The Balaban J connectivity index is 1.19. The van der Waals surface area contributed by atoms with Crippen molar-refractivity contribution < 1.29 is 23.4 Å². The molecule has 3 aliphatic heterocycles. The number of alkyl carbamates (subject to hydrolysis) is 1.